The van der Waals surface area contributed by atoms with Gasteiger partial charge >= 0.3 is 0 Å². The van der Waals surface area contributed by atoms with Crippen molar-refractivity contribution in [1.82, 2.24) is 10.3 Å². The average molecular weight is 240 g/mol. The van der Waals surface area contributed by atoms with Crippen LogP contribution in [0.5, 0.6) is 0 Å². The summed E-state index contributed by atoms with van der Waals surface area (Å²) < 4.78 is 5.20. The van der Waals surface area contributed by atoms with Crippen LogP contribution in [0.25, 0.3) is 11.1 Å². The average Bonchev–Trinajstić information content (AvgIpc) is 2.98. The molecular formula is C14H12N2O2. The number of carbonyl (C=O) groups excluding carboxylic acids is 1. The summed E-state index contributed by atoms with van der Waals surface area (Å²) in [5.74, 6) is -0.134. The van der Waals surface area contributed by atoms with Crippen molar-refractivity contribution < 1.29 is 9.21 Å². The van der Waals surface area contributed by atoms with Gasteiger partial charge in [0.1, 0.15) is 5.69 Å². The van der Waals surface area contributed by atoms with Gasteiger partial charge in [0, 0.05) is 18.7 Å². The van der Waals surface area contributed by atoms with E-state index in [1.165, 1.54) is 0 Å². The molecule has 0 aliphatic carbocycles. The molecule has 0 aliphatic heterocycles. The van der Waals surface area contributed by atoms with Crippen LogP contribution >= 0.6 is 0 Å². The summed E-state index contributed by atoms with van der Waals surface area (Å²) >= 11 is 0. The molecule has 3 rings (SSSR count). The van der Waals surface area contributed by atoms with Gasteiger partial charge in [-0.3, -0.25) is 4.79 Å². The zero-order valence-electron chi connectivity index (χ0n) is 9.64. The Labute approximate surface area is 104 Å². The number of hydrogen-bond acceptors (Lipinski definition) is 2. The number of nitrogens with one attached hydrogen (secondary N) is 2. The van der Waals surface area contributed by atoms with Gasteiger partial charge in [-0.1, -0.05) is 30.3 Å². The minimum atomic E-state index is -0.134. The van der Waals surface area contributed by atoms with Crippen LogP contribution < -0.4 is 5.32 Å². The van der Waals surface area contributed by atoms with Crippen molar-refractivity contribution in [2.24, 2.45) is 0 Å². The number of furan rings is 1. The van der Waals surface area contributed by atoms with Gasteiger partial charge in [0.15, 0.2) is 5.58 Å². The fourth-order valence-electron chi connectivity index (χ4n) is 1.84. The molecule has 18 heavy (non-hydrogen) atoms. The van der Waals surface area contributed by atoms with E-state index in [1.807, 2.05) is 30.3 Å². The number of H-pyrrole nitrogens is 1. The lowest BCUT2D eigenvalue weighted by atomic mass is 10.2. The van der Waals surface area contributed by atoms with Crippen molar-refractivity contribution in [3.8, 4) is 0 Å². The molecule has 2 heterocycles. The molecule has 90 valence electrons. The van der Waals surface area contributed by atoms with Crippen molar-refractivity contribution in [2.45, 2.75) is 6.54 Å². The summed E-state index contributed by atoms with van der Waals surface area (Å²) in [6, 6.07) is 13.3. The molecule has 4 heteroatoms. The van der Waals surface area contributed by atoms with Crippen LogP contribution in [0, 0.1) is 0 Å². The second kappa shape index (κ2) is 4.41. The van der Waals surface area contributed by atoms with Crippen LogP contribution in [0.3, 0.4) is 0 Å². The maximum Gasteiger partial charge on any atom is 0.268 e. The molecule has 0 spiro atoms. The van der Waals surface area contributed by atoms with E-state index in [4.69, 9.17) is 4.42 Å². The van der Waals surface area contributed by atoms with Crippen molar-refractivity contribution in [3.63, 3.8) is 0 Å². The fraction of sp³-hybridized carbons (Fsp3) is 0.0714. The lowest BCUT2D eigenvalue weighted by molar-refractivity contribution is 0.0946. The van der Waals surface area contributed by atoms with Gasteiger partial charge in [-0.15, -0.1) is 0 Å². The van der Waals surface area contributed by atoms with Gasteiger partial charge in [0.25, 0.3) is 5.91 Å². The topological polar surface area (TPSA) is 58.0 Å². The minimum absolute atomic E-state index is 0.134. The number of aromatic nitrogens is 1. The first kappa shape index (κ1) is 10.7. The Bertz CT molecular complexity index is 639. The number of amides is 1. The quantitative estimate of drug-likeness (QED) is 0.739. The lowest BCUT2D eigenvalue weighted by Gasteiger charge is -2.03. The van der Waals surface area contributed by atoms with E-state index in [9.17, 15) is 4.79 Å². The van der Waals surface area contributed by atoms with Crippen molar-refractivity contribution >= 4 is 17.0 Å². The molecule has 4 nitrogen and oxygen atoms in total. The Morgan fingerprint density at radius 2 is 2.06 bits per heavy atom. The zero-order valence-corrected chi connectivity index (χ0v) is 9.64. The third-order valence-corrected chi connectivity index (χ3v) is 2.78. The first-order chi connectivity index (χ1) is 8.83. The van der Waals surface area contributed by atoms with Gasteiger partial charge in [0.05, 0.1) is 11.8 Å². The molecule has 2 N–H and O–H groups in total. The molecule has 0 aliphatic rings. The van der Waals surface area contributed by atoms with Crippen LogP contribution in [0.15, 0.2) is 53.1 Å². The van der Waals surface area contributed by atoms with Crippen molar-refractivity contribution in [3.05, 3.63) is 60.0 Å². The van der Waals surface area contributed by atoms with Crippen LogP contribution in [0.2, 0.25) is 0 Å². The monoisotopic (exact) mass is 240 g/mol. The summed E-state index contributed by atoms with van der Waals surface area (Å²) in [5.41, 5.74) is 3.11. The van der Waals surface area contributed by atoms with Gasteiger partial charge in [0.2, 0.25) is 0 Å². The summed E-state index contributed by atoms with van der Waals surface area (Å²) in [4.78, 5) is 14.9. The SMILES string of the molecule is O=C(NCc1ccccc1)c1cc2occc2[nH]1. The normalized spacial score (nSPS) is 10.7. The molecule has 0 radical (unpaired) electrons. The van der Waals surface area contributed by atoms with Gasteiger partial charge < -0.3 is 14.7 Å². The highest BCUT2D eigenvalue weighted by Gasteiger charge is 2.10. The largest absolute Gasteiger partial charge is 0.463 e. The van der Waals surface area contributed by atoms with Crippen molar-refractivity contribution in [1.29, 1.82) is 0 Å². The van der Waals surface area contributed by atoms with E-state index in [0.717, 1.165) is 11.1 Å². The standard InChI is InChI=1S/C14H12N2O2/c17-14(15-9-10-4-2-1-3-5-10)12-8-13-11(16-12)6-7-18-13/h1-8,16H,9H2,(H,15,17). The van der Waals surface area contributed by atoms with E-state index in [2.05, 4.69) is 10.3 Å². The van der Waals surface area contributed by atoms with Gasteiger partial charge in [-0.05, 0) is 5.56 Å². The number of fused-ring (bicyclic) bond motifs is 1. The molecule has 1 aromatic carbocycles. The van der Waals surface area contributed by atoms with E-state index in [-0.39, 0.29) is 5.91 Å². The predicted octanol–water partition coefficient (Wildman–Crippen LogP) is 2.69. The molecule has 0 atom stereocenters. The van der Waals surface area contributed by atoms with Crippen LogP contribution in [-0.2, 0) is 6.54 Å². The van der Waals surface area contributed by atoms with Gasteiger partial charge in [-0.25, -0.2) is 0 Å². The summed E-state index contributed by atoms with van der Waals surface area (Å²) in [5, 5.41) is 2.85. The molecular weight excluding hydrogens is 228 g/mol. The smallest absolute Gasteiger partial charge is 0.268 e. The first-order valence-electron chi connectivity index (χ1n) is 5.71. The third-order valence-electron chi connectivity index (χ3n) is 2.78. The number of benzene rings is 1. The molecule has 0 saturated heterocycles. The number of hydrogen-bond donors (Lipinski definition) is 2. The molecule has 0 bridgehead atoms. The Balaban J connectivity index is 1.70. The molecule has 0 saturated carbocycles. The van der Waals surface area contributed by atoms with Gasteiger partial charge in [-0.2, -0.15) is 0 Å². The zero-order chi connectivity index (χ0) is 12.4. The summed E-state index contributed by atoms with van der Waals surface area (Å²) in [7, 11) is 0. The predicted molar refractivity (Wildman–Crippen MR) is 68.2 cm³/mol. The highest BCUT2D eigenvalue weighted by atomic mass is 16.3. The first-order valence-corrected chi connectivity index (χ1v) is 5.71. The number of carbonyl (C=O) groups is 1. The highest BCUT2D eigenvalue weighted by molar-refractivity contribution is 5.96. The fourth-order valence-corrected chi connectivity index (χ4v) is 1.84. The Kier molecular flexibility index (Phi) is 2.61. The second-order valence-corrected chi connectivity index (χ2v) is 4.05. The van der Waals surface area contributed by atoms with E-state index in [0.29, 0.717) is 17.8 Å². The number of aromatic amines is 1. The molecule has 1 amide bonds. The summed E-state index contributed by atoms with van der Waals surface area (Å²) in [6.07, 6.45) is 1.59. The van der Waals surface area contributed by atoms with Crippen LogP contribution in [-0.4, -0.2) is 10.9 Å². The maximum absolute atomic E-state index is 11.9. The van der Waals surface area contributed by atoms with E-state index >= 15 is 0 Å². The molecule has 3 aromatic rings. The van der Waals surface area contributed by atoms with E-state index in [1.54, 1.807) is 18.4 Å². The Hall–Kier alpha value is -2.49. The van der Waals surface area contributed by atoms with Crippen LogP contribution in [0.1, 0.15) is 16.1 Å². The molecule has 2 aromatic heterocycles. The lowest BCUT2D eigenvalue weighted by Crippen LogP contribution is -2.22. The molecule has 0 fully saturated rings. The Morgan fingerprint density at radius 1 is 1.22 bits per heavy atom. The minimum Gasteiger partial charge on any atom is -0.463 e. The highest BCUT2D eigenvalue weighted by Crippen LogP contribution is 2.15. The number of rotatable bonds is 3. The Morgan fingerprint density at radius 3 is 2.83 bits per heavy atom. The van der Waals surface area contributed by atoms with E-state index < -0.39 is 0 Å². The van der Waals surface area contributed by atoms with Crippen LogP contribution in [0.4, 0.5) is 0 Å². The summed E-state index contributed by atoms with van der Waals surface area (Å²) in [6.45, 7) is 0.514. The second-order valence-electron chi connectivity index (χ2n) is 4.05. The maximum atomic E-state index is 11.9. The van der Waals surface area contributed by atoms with Crippen molar-refractivity contribution in [2.75, 3.05) is 0 Å². The third kappa shape index (κ3) is 2.00. The molecule has 0 unspecified atom stereocenters.